The SMILES string of the molecule is CCCCCCCC/C=C\CCCCCCCC(=O)[O-].CCCCCCCCCCCCCCCC(=O)[O-].[Ho+2]. The summed E-state index contributed by atoms with van der Waals surface area (Å²) in [5.41, 5.74) is 0. The van der Waals surface area contributed by atoms with Gasteiger partial charge in [0.05, 0.1) is 0 Å². The molecule has 39 heavy (non-hydrogen) atoms. The first kappa shape index (κ1) is 43.4. The van der Waals surface area contributed by atoms with Crippen molar-refractivity contribution in [1.29, 1.82) is 0 Å². The third-order valence-corrected chi connectivity index (χ3v) is 7.13. The predicted octanol–water partition coefficient (Wildman–Crippen LogP) is 8.99. The van der Waals surface area contributed by atoms with E-state index < -0.39 is 11.9 Å². The van der Waals surface area contributed by atoms with Crippen molar-refractivity contribution in [3.05, 3.63) is 12.2 Å². The monoisotopic (exact) mass is 701 g/mol. The predicted molar refractivity (Wildman–Crippen MR) is 160 cm³/mol. The zero-order chi connectivity index (χ0) is 28.4. The normalized spacial score (nSPS) is 10.7. The second kappa shape index (κ2) is 40.1. The Morgan fingerprint density at radius 1 is 0.410 bits per heavy atom. The second-order valence-corrected chi connectivity index (χ2v) is 11.1. The molecule has 0 unspecified atom stereocenters. The van der Waals surface area contributed by atoms with Crippen molar-refractivity contribution in [2.24, 2.45) is 0 Å². The molecule has 0 aromatic carbocycles. The molecule has 4 nitrogen and oxygen atoms in total. The van der Waals surface area contributed by atoms with Crippen molar-refractivity contribution in [2.75, 3.05) is 0 Å². The van der Waals surface area contributed by atoms with E-state index >= 15 is 0 Å². The van der Waals surface area contributed by atoms with Crippen LogP contribution in [0, 0.1) is 37.7 Å². The van der Waals surface area contributed by atoms with Crippen LogP contribution in [-0.4, -0.2) is 11.9 Å². The summed E-state index contributed by atoms with van der Waals surface area (Å²) in [5.74, 6) is -1.82. The number of hydrogen-bond donors (Lipinski definition) is 0. The average Bonchev–Trinajstić information content (AvgIpc) is 2.89. The van der Waals surface area contributed by atoms with Gasteiger partial charge in [-0.05, 0) is 51.4 Å². The molecule has 0 fully saturated rings. The van der Waals surface area contributed by atoms with Crippen LogP contribution in [0.2, 0.25) is 0 Å². The summed E-state index contributed by atoms with van der Waals surface area (Å²) >= 11 is 0. The number of rotatable bonds is 29. The second-order valence-electron chi connectivity index (χ2n) is 11.1. The number of hydrogen-bond acceptors (Lipinski definition) is 4. The topological polar surface area (TPSA) is 80.3 Å². The molecule has 0 aromatic rings. The van der Waals surface area contributed by atoms with Gasteiger partial charge in [-0.25, -0.2) is 0 Å². The first-order valence-electron chi connectivity index (χ1n) is 16.6. The van der Waals surface area contributed by atoms with Gasteiger partial charge in [-0.2, -0.15) is 0 Å². The van der Waals surface area contributed by atoms with Crippen LogP contribution in [0.5, 0.6) is 0 Å². The minimum absolute atomic E-state index is 0. The smallest absolute Gasteiger partial charge is 0.550 e. The number of aliphatic carboxylic acids is 2. The van der Waals surface area contributed by atoms with Gasteiger partial charge in [0.15, 0.2) is 0 Å². The van der Waals surface area contributed by atoms with Crippen molar-refractivity contribution in [3.63, 3.8) is 0 Å². The van der Waals surface area contributed by atoms with Crippen LogP contribution in [0.15, 0.2) is 12.2 Å². The van der Waals surface area contributed by atoms with Crippen LogP contribution in [0.4, 0.5) is 0 Å². The zero-order valence-corrected chi connectivity index (χ0v) is 27.8. The first-order valence-corrected chi connectivity index (χ1v) is 16.6. The Labute approximate surface area is 273 Å². The van der Waals surface area contributed by atoms with E-state index in [1.54, 1.807) is 0 Å². The Morgan fingerprint density at radius 3 is 0.897 bits per heavy atom. The largest absolute Gasteiger partial charge is 2.00 e. The summed E-state index contributed by atoms with van der Waals surface area (Å²) < 4.78 is 0. The van der Waals surface area contributed by atoms with Gasteiger partial charge in [-0.3, -0.25) is 0 Å². The molecule has 0 saturated carbocycles. The molecule has 0 atom stereocenters. The molecule has 0 aliphatic carbocycles. The van der Waals surface area contributed by atoms with Crippen molar-refractivity contribution in [3.8, 4) is 0 Å². The van der Waals surface area contributed by atoms with E-state index in [1.165, 1.54) is 135 Å². The molecule has 1 radical (unpaired) electrons. The minimum Gasteiger partial charge on any atom is -0.550 e. The average molecular weight is 702 g/mol. The van der Waals surface area contributed by atoms with Crippen molar-refractivity contribution in [2.45, 2.75) is 194 Å². The molecule has 0 spiro atoms. The fraction of sp³-hybridized carbons (Fsp3) is 0.882. The summed E-state index contributed by atoms with van der Waals surface area (Å²) in [4.78, 5) is 20.4. The molecule has 0 rings (SSSR count). The maximum Gasteiger partial charge on any atom is 2.00 e. The maximum atomic E-state index is 10.2. The van der Waals surface area contributed by atoms with Crippen LogP contribution in [-0.2, 0) is 9.59 Å². The molecular formula is C34H64HoO4. The van der Waals surface area contributed by atoms with E-state index in [-0.39, 0.29) is 50.6 Å². The Bertz CT molecular complexity index is 507. The number of carbonyl (C=O) groups is 2. The van der Waals surface area contributed by atoms with E-state index in [9.17, 15) is 19.8 Å². The summed E-state index contributed by atoms with van der Waals surface area (Å²) in [6.07, 6.45) is 37.8. The van der Waals surface area contributed by atoms with Crippen molar-refractivity contribution in [1.82, 2.24) is 0 Å². The van der Waals surface area contributed by atoms with Gasteiger partial charge in [-0.1, -0.05) is 154 Å². The molecule has 0 amide bonds. The molecule has 5 heteroatoms. The van der Waals surface area contributed by atoms with E-state index in [2.05, 4.69) is 26.0 Å². The van der Waals surface area contributed by atoms with E-state index in [0.29, 0.717) is 0 Å². The molecule has 0 heterocycles. The Hall–Kier alpha value is -0.0603. The van der Waals surface area contributed by atoms with Crippen LogP contribution in [0.1, 0.15) is 194 Å². The van der Waals surface area contributed by atoms with E-state index in [1.807, 2.05) is 0 Å². The standard InChI is InChI=1S/C18H34O2.C16H32O2.Ho/c1-2-3-4-5-6-7-8-9-10-11-12-13-14-15-16-17-18(19)20;1-2-3-4-5-6-7-8-9-10-11-12-13-14-15-16(17)18;/h9-10H,2-8,11-17H2,1H3,(H,19,20);2-15H2,1H3,(H,17,18);/q;;+2/p-2/b10-9-;;. The van der Waals surface area contributed by atoms with Crippen LogP contribution >= 0.6 is 0 Å². The summed E-state index contributed by atoms with van der Waals surface area (Å²) in [6.45, 7) is 4.51. The van der Waals surface area contributed by atoms with Crippen LogP contribution < -0.4 is 10.2 Å². The van der Waals surface area contributed by atoms with Gasteiger partial charge in [0, 0.05) is 11.9 Å². The van der Waals surface area contributed by atoms with E-state index in [0.717, 1.165) is 32.1 Å². The van der Waals surface area contributed by atoms with E-state index in [4.69, 9.17) is 0 Å². The fourth-order valence-electron chi connectivity index (χ4n) is 4.63. The van der Waals surface area contributed by atoms with Gasteiger partial charge in [-0.15, -0.1) is 0 Å². The Morgan fingerprint density at radius 2 is 0.641 bits per heavy atom. The summed E-state index contributed by atoms with van der Waals surface area (Å²) in [6, 6.07) is 0. The number of carboxylic acid groups (broad SMARTS) is 2. The Kier molecular flexibility index (Phi) is 44.6. The summed E-state index contributed by atoms with van der Waals surface area (Å²) in [7, 11) is 0. The summed E-state index contributed by atoms with van der Waals surface area (Å²) in [5, 5.41) is 20.4. The molecule has 235 valence electrons. The fourth-order valence-corrected chi connectivity index (χ4v) is 4.63. The maximum absolute atomic E-state index is 10.2. The molecular weight excluding hydrogens is 637 g/mol. The molecule has 0 bridgehead atoms. The molecule has 0 saturated heterocycles. The van der Waals surface area contributed by atoms with Gasteiger partial charge >= 0.3 is 37.7 Å². The molecule has 0 aromatic heterocycles. The number of allylic oxidation sites excluding steroid dienone is 2. The third kappa shape index (κ3) is 48.0. The quantitative estimate of drug-likeness (QED) is 0.0443. The number of carboxylic acids is 2. The van der Waals surface area contributed by atoms with Gasteiger partial charge < -0.3 is 19.8 Å². The first-order chi connectivity index (χ1) is 18.5. The van der Waals surface area contributed by atoms with Gasteiger partial charge in [0.1, 0.15) is 0 Å². The van der Waals surface area contributed by atoms with Crippen molar-refractivity contribution >= 4 is 11.9 Å². The zero-order valence-electron chi connectivity index (χ0n) is 25.9. The van der Waals surface area contributed by atoms with Crippen LogP contribution in [0.25, 0.3) is 0 Å². The Balaban J connectivity index is -0.000000651. The van der Waals surface area contributed by atoms with Crippen LogP contribution in [0.3, 0.4) is 0 Å². The van der Waals surface area contributed by atoms with Gasteiger partial charge in [0.25, 0.3) is 0 Å². The minimum atomic E-state index is -0.914. The number of unbranched alkanes of at least 4 members (excludes halogenated alkanes) is 23. The molecule has 0 aliphatic heterocycles. The third-order valence-electron chi connectivity index (χ3n) is 7.13. The molecule has 0 aliphatic rings. The number of carbonyl (C=O) groups excluding carboxylic acids is 2. The van der Waals surface area contributed by atoms with Crippen molar-refractivity contribution < 1.29 is 57.5 Å². The van der Waals surface area contributed by atoms with Gasteiger partial charge in [0.2, 0.25) is 0 Å². The molecule has 0 N–H and O–H groups in total.